The Morgan fingerprint density at radius 2 is 2.50 bits per heavy atom. The van der Waals surface area contributed by atoms with Crippen molar-refractivity contribution >= 4 is 8.19 Å². The first-order chi connectivity index (χ1) is 2.89. The smallest absolute Gasteiger partial charge is 0.0344 e. The summed E-state index contributed by atoms with van der Waals surface area (Å²) in [5, 5.41) is 1.50. The zero-order valence-electron chi connectivity index (χ0n) is 3.73. The molecule has 0 spiro atoms. The molecule has 32 valence electrons. The highest BCUT2D eigenvalue weighted by Crippen LogP contribution is 2.10. The molecule has 1 unspecified atom stereocenters. The van der Waals surface area contributed by atoms with Crippen LogP contribution in [-0.4, -0.2) is 0 Å². The predicted octanol–water partition coefficient (Wildman–Crippen LogP) is 2.03. The Morgan fingerprint density at radius 1 is 1.67 bits per heavy atom. The summed E-state index contributed by atoms with van der Waals surface area (Å²) in [6, 6.07) is 4.26. The second-order valence-electron chi connectivity index (χ2n) is 1.35. The fraction of sp³-hybridized carbons (Fsp3) is 0.200. The van der Waals surface area contributed by atoms with Crippen LogP contribution in [0.1, 0.15) is 5.30 Å². The van der Waals surface area contributed by atoms with Crippen LogP contribution in [0.2, 0.25) is 0 Å². The van der Waals surface area contributed by atoms with Crippen molar-refractivity contribution in [2.45, 2.75) is 6.92 Å². The van der Waals surface area contributed by atoms with Gasteiger partial charge >= 0.3 is 0 Å². The summed E-state index contributed by atoms with van der Waals surface area (Å²) in [5.41, 5.74) is 0. The van der Waals surface area contributed by atoms with Gasteiger partial charge in [-0.15, -0.1) is 8.19 Å². The van der Waals surface area contributed by atoms with E-state index in [1.165, 1.54) is 5.30 Å². The maximum atomic E-state index is 2.19. The van der Waals surface area contributed by atoms with Gasteiger partial charge in [-0.05, 0) is 18.0 Å². The first-order valence-electron chi connectivity index (χ1n) is 1.99. The second-order valence-corrected chi connectivity index (χ2v) is 2.76. The molecule has 0 aliphatic carbocycles. The van der Waals surface area contributed by atoms with Crippen LogP contribution in [0, 0.1) is 6.92 Å². The molecule has 0 saturated heterocycles. The molecule has 1 heteroatoms. The van der Waals surface area contributed by atoms with E-state index in [0.717, 1.165) is 8.19 Å². The van der Waals surface area contributed by atoms with Gasteiger partial charge in [0.25, 0.3) is 0 Å². The summed E-state index contributed by atoms with van der Waals surface area (Å²) < 4.78 is 0. The quantitative estimate of drug-likeness (QED) is 0.465. The monoisotopic (exact) mass is 98.0 g/mol. The molecule has 1 rings (SSSR count). The molecule has 6 heavy (non-hydrogen) atoms. The Labute approximate surface area is 39.3 Å². The van der Waals surface area contributed by atoms with Gasteiger partial charge in [0.2, 0.25) is 0 Å². The highest BCUT2D eigenvalue weighted by molar-refractivity contribution is 7.30. The Hall–Kier alpha value is -0.220. The summed E-state index contributed by atoms with van der Waals surface area (Å²) in [4.78, 5) is 0. The summed E-state index contributed by atoms with van der Waals surface area (Å²) >= 11 is 0. The molecule has 1 atom stereocenters. The number of rotatable bonds is 0. The number of aryl methyl sites for hydroxylation is 1. The van der Waals surface area contributed by atoms with Gasteiger partial charge in [0.05, 0.1) is 0 Å². The van der Waals surface area contributed by atoms with Crippen LogP contribution in [0.3, 0.4) is 0 Å². The van der Waals surface area contributed by atoms with E-state index in [1.54, 1.807) is 0 Å². The van der Waals surface area contributed by atoms with Crippen molar-refractivity contribution in [3.63, 3.8) is 0 Å². The van der Waals surface area contributed by atoms with Crippen LogP contribution in [0.15, 0.2) is 17.9 Å². The third kappa shape index (κ3) is 0.636. The van der Waals surface area contributed by atoms with Crippen molar-refractivity contribution in [2.75, 3.05) is 0 Å². The third-order valence-electron chi connectivity index (χ3n) is 0.753. The van der Waals surface area contributed by atoms with E-state index in [1.807, 2.05) is 0 Å². The fourth-order valence-corrected chi connectivity index (χ4v) is 1.07. The Balaban J connectivity index is 3.05. The SMILES string of the molecule is Cc1ccc[pH]1. The maximum Gasteiger partial charge on any atom is -0.0344 e. The van der Waals surface area contributed by atoms with Crippen LogP contribution in [0.25, 0.3) is 0 Å². The van der Waals surface area contributed by atoms with Gasteiger partial charge in [-0.2, -0.15) is 0 Å². The van der Waals surface area contributed by atoms with E-state index in [-0.39, 0.29) is 0 Å². The minimum Gasteiger partial charge on any atom is -0.137 e. The van der Waals surface area contributed by atoms with Gasteiger partial charge in [-0.25, -0.2) is 0 Å². The third-order valence-corrected chi connectivity index (χ3v) is 1.73. The highest BCUT2D eigenvalue weighted by Gasteiger charge is 1.73. The standard InChI is InChI=1S/C5H7P/c1-5-3-2-4-6-5/h2-4,6H,1H3. The van der Waals surface area contributed by atoms with Crippen molar-refractivity contribution in [1.82, 2.24) is 0 Å². The lowest BCUT2D eigenvalue weighted by atomic mass is 10.5. The first-order valence-corrected chi connectivity index (χ1v) is 3.07. The summed E-state index contributed by atoms with van der Waals surface area (Å²) in [5.74, 6) is 2.19. The molecule has 1 heterocycles. The van der Waals surface area contributed by atoms with E-state index in [2.05, 4.69) is 24.9 Å². The van der Waals surface area contributed by atoms with Crippen molar-refractivity contribution < 1.29 is 0 Å². The first kappa shape index (κ1) is 3.95. The van der Waals surface area contributed by atoms with Gasteiger partial charge in [-0.1, -0.05) is 12.1 Å². The summed E-state index contributed by atoms with van der Waals surface area (Å²) in [6.07, 6.45) is 0. The average molecular weight is 98.1 g/mol. The average Bonchev–Trinajstić information content (AvgIpc) is 1.86. The van der Waals surface area contributed by atoms with Crippen LogP contribution in [0.5, 0.6) is 0 Å². The fourth-order valence-electron chi connectivity index (χ4n) is 0.420. The van der Waals surface area contributed by atoms with Crippen LogP contribution in [-0.2, 0) is 0 Å². The lowest BCUT2D eigenvalue weighted by Crippen LogP contribution is -1.41. The van der Waals surface area contributed by atoms with Crippen molar-refractivity contribution in [1.29, 1.82) is 0 Å². The van der Waals surface area contributed by atoms with Crippen LogP contribution in [0.4, 0.5) is 0 Å². The highest BCUT2D eigenvalue weighted by atomic mass is 31.0. The molecule has 1 aromatic heterocycles. The summed E-state index contributed by atoms with van der Waals surface area (Å²) in [6.45, 7) is 2.15. The Kier molecular flexibility index (Phi) is 0.979. The Bertz CT molecular complexity index is 107. The molecule has 0 N–H and O–H groups in total. The molecule has 0 aliphatic rings. The number of hydrogen-bond donors (Lipinski definition) is 0. The second kappa shape index (κ2) is 1.49. The number of hydrogen-bond acceptors (Lipinski definition) is 0. The minimum atomic E-state index is 0.963. The molecule has 0 radical (unpaired) electrons. The zero-order chi connectivity index (χ0) is 4.41. The van der Waals surface area contributed by atoms with Crippen molar-refractivity contribution in [3.05, 3.63) is 23.2 Å². The molecule has 0 amide bonds. The van der Waals surface area contributed by atoms with E-state index in [9.17, 15) is 0 Å². The molecule has 0 aliphatic heterocycles. The Morgan fingerprint density at radius 3 is 2.67 bits per heavy atom. The molecule has 0 aromatic carbocycles. The largest absolute Gasteiger partial charge is 0.137 e. The topological polar surface area (TPSA) is 0 Å². The molecular weight excluding hydrogens is 91.0 g/mol. The molecule has 1 aromatic rings. The molecule has 0 fully saturated rings. The predicted molar refractivity (Wildman–Crippen MR) is 30.7 cm³/mol. The maximum absolute atomic E-state index is 2.19. The van der Waals surface area contributed by atoms with Gasteiger partial charge in [0.1, 0.15) is 0 Å². The van der Waals surface area contributed by atoms with Gasteiger partial charge in [0, 0.05) is 0 Å². The lowest BCUT2D eigenvalue weighted by molar-refractivity contribution is 1.64. The lowest BCUT2D eigenvalue weighted by Gasteiger charge is -1.67. The molecule has 0 nitrogen and oxygen atoms in total. The molecular formula is C5H7P. The van der Waals surface area contributed by atoms with Crippen LogP contribution >= 0.6 is 8.19 Å². The van der Waals surface area contributed by atoms with E-state index < -0.39 is 0 Å². The van der Waals surface area contributed by atoms with Crippen LogP contribution < -0.4 is 0 Å². The van der Waals surface area contributed by atoms with Gasteiger partial charge in [0.15, 0.2) is 0 Å². The normalized spacial score (nSPS) is 10.2. The van der Waals surface area contributed by atoms with E-state index in [4.69, 9.17) is 0 Å². The zero-order valence-corrected chi connectivity index (χ0v) is 4.73. The van der Waals surface area contributed by atoms with E-state index >= 15 is 0 Å². The molecule has 0 saturated carbocycles. The van der Waals surface area contributed by atoms with Crippen molar-refractivity contribution in [3.8, 4) is 0 Å². The minimum absolute atomic E-state index is 0.963. The van der Waals surface area contributed by atoms with Gasteiger partial charge < -0.3 is 0 Å². The van der Waals surface area contributed by atoms with E-state index in [0.29, 0.717) is 0 Å². The molecule has 0 bridgehead atoms. The van der Waals surface area contributed by atoms with Crippen molar-refractivity contribution in [2.24, 2.45) is 0 Å². The van der Waals surface area contributed by atoms with Gasteiger partial charge in [-0.3, -0.25) is 0 Å². The summed E-state index contributed by atoms with van der Waals surface area (Å²) in [7, 11) is 0.963.